The molecule has 3 rings (SSSR count). The van der Waals surface area contributed by atoms with Crippen molar-refractivity contribution >= 4 is 35.2 Å². The topological polar surface area (TPSA) is 78.5 Å². The first-order chi connectivity index (χ1) is 13.8. The average Bonchev–Trinajstić information content (AvgIpc) is 2.71. The predicted molar refractivity (Wildman–Crippen MR) is 111 cm³/mol. The Balaban J connectivity index is 1.54. The molecule has 29 heavy (non-hydrogen) atoms. The van der Waals surface area contributed by atoms with Gasteiger partial charge in [-0.25, -0.2) is 4.39 Å². The van der Waals surface area contributed by atoms with E-state index in [2.05, 4.69) is 10.6 Å². The molecule has 0 radical (unpaired) electrons. The van der Waals surface area contributed by atoms with Crippen LogP contribution in [0, 0.1) is 5.82 Å². The summed E-state index contributed by atoms with van der Waals surface area (Å²) in [6, 6.07) is 12.0. The van der Waals surface area contributed by atoms with Gasteiger partial charge in [-0.3, -0.25) is 14.4 Å². The van der Waals surface area contributed by atoms with Crippen molar-refractivity contribution in [2.45, 2.75) is 17.7 Å². The fourth-order valence-electron chi connectivity index (χ4n) is 2.91. The van der Waals surface area contributed by atoms with Crippen LogP contribution in [-0.2, 0) is 16.0 Å². The summed E-state index contributed by atoms with van der Waals surface area (Å²) >= 11 is 1.41. The minimum Gasteiger partial charge on any atom is -0.345 e. The van der Waals surface area contributed by atoms with Crippen molar-refractivity contribution < 1.29 is 18.8 Å². The van der Waals surface area contributed by atoms with Gasteiger partial charge in [-0.05, 0) is 48.4 Å². The molecule has 2 atom stereocenters. The zero-order valence-electron chi connectivity index (χ0n) is 16.1. The maximum atomic E-state index is 13.0. The quantitative estimate of drug-likeness (QED) is 0.786. The number of nitrogens with zero attached hydrogens (tertiary/aromatic N) is 1. The third-order valence-electron chi connectivity index (χ3n) is 4.53. The van der Waals surface area contributed by atoms with Gasteiger partial charge in [0.15, 0.2) is 0 Å². The largest absolute Gasteiger partial charge is 0.345 e. The minimum atomic E-state index is -0.639. The number of amides is 3. The number of nitrogens with one attached hydrogen (secondary N) is 2. The van der Waals surface area contributed by atoms with Crippen LogP contribution in [0.15, 0.2) is 48.5 Å². The van der Waals surface area contributed by atoms with Gasteiger partial charge in [0.2, 0.25) is 11.8 Å². The van der Waals surface area contributed by atoms with Crippen LogP contribution in [-0.4, -0.2) is 53.8 Å². The smallest absolute Gasteiger partial charge is 0.253 e. The predicted octanol–water partition coefficient (Wildman–Crippen LogP) is 2.31. The molecule has 1 aliphatic heterocycles. The number of rotatable bonds is 5. The molecule has 1 heterocycles. The van der Waals surface area contributed by atoms with E-state index >= 15 is 0 Å². The molecule has 0 aliphatic carbocycles. The van der Waals surface area contributed by atoms with Crippen LogP contribution in [0.5, 0.6) is 0 Å². The van der Waals surface area contributed by atoms with E-state index in [1.807, 2.05) is 0 Å². The first-order valence-corrected chi connectivity index (χ1v) is 10.2. The molecule has 0 bridgehead atoms. The SMILES string of the molecule is CN(C)C(=O)c1ccc(NC(=O)[C@H]2CS[C@H](Cc3ccc(F)cc3)C(=O)N2)cc1. The number of hydrogen-bond donors (Lipinski definition) is 2. The van der Waals surface area contributed by atoms with E-state index in [-0.39, 0.29) is 28.8 Å². The van der Waals surface area contributed by atoms with Crippen LogP contribution in [0.4, 0.5) is 10.1 Å². The van der Waals surface area contributed by atoms with Crippen molar-refractivity contribution in [1.29, 1.82) is 0 Å². The Morgan fingerprint density at radius 1 is 1.14 bits per heavy atom. The lowest BCUT2D eigenvalue weighted by molar-refractivity contribution is -0.126. The van der Waals surface area contributed by atoms with E-state index < -0.39 is 6.04 Å². The van der Waals surface area contributed by atoms with E-state index in [1.165, 1.54) is 28.8 Å². The molecule has 1 saturated heterocycles. The Kier molecular flexibility index (Phi) is 6.53. The van der Waals surface area contributed by atoms with E-state index in [1.54, 1.807) is 50.5 Å². The normalized spacial score (nSPS) is 18.7. The molecule has 2 N–H and O–H groups in total. The first kappa shape index (κ1) is 20.9. The van der Waals surface area contributed by atoms with Crippen molar-refractivity contribution in [3.05, 3.63) is 65.5 Å². The molecule has 1 aliphatic rings. The van der Waals surface area contributed by atoms with E-state index in [0.717, 1.165) is 5.56 Å². The third-order valence-corrected chi connectivity index (χ3v) is 5.84. The summed E-state index contributed by atoms with van der Waals surface area (Å²) < 4.78 is 13.0. The molecular weight excluding hydrogens is 393 g/mol. The first-order valence-electron chi connectivity index (χ1n) is 9.12. The van der Waals surface area contributed by atoms with Crippen LogP contribution < -0.4 is 10.6 Å². The number of hydrogen-bond acceptors (Lipinski definition) is 4. The fraction of sp³-hybridized carbons (Fsp3) is 0.286. The van der Waals surface area contributed by atoms with Crippen molar-refractivity contribution in [3.8, 4) is 0 Å². The second kappa shape index (κ2) is 9.09. The summed E-state index contributed by atoms with van der Waals surface area (Å²) in [6.45, 7) is 0. The van der Waals surface area contributed by atoms with Crippen LogP contribution in [0.1, 0.15) is 15.9 Å². The van der Waals surface area contributed by atoms with Crippen molar-refractivity contribution in [1.82, 2.24) is 10.2 Å². The van der Waals surface area contributed by atoms with E-state index in [4.69, 9.17) is 0 Å². The van der Waals surface area contributed by atoms with Gasteiger partial charge < -0.3 is 15.5 Å². The molecule has 0 spiro atoms. The van der Waals surface area contributed by atoms with Gasteiger partial charge >= 0.3 is 0 Å². The van der Waals surface area contributed by atoms with Gasteiger partial charge in [-0.2, -0.15) is 0 Å². The zero-order chi connectivity index (χ0) is 21.0. The van der Waals surface area contributed by atoms with Crippen LogP contribution in [0.25, 0.3) is 0 Å². The lowest BCUT2D eigenvalue weighted by atomic mass is 10.1. The van der Waals surface area contributed by atoms with Crippen molar-refractivity contribution in [2.24, 2.45) is 0 Å². The summed E-state index contributed by atoms with van der Waals surface area (Å²) in [5.41, 5.74) is 1.95. The highest BCUT2D eigenvalue weighted by Gasteiger charge is 2.32. The number of carbonyl (C=O) groups is 3. The number of carbonyl (C=O) groups excluding carboxylic acids is 3. The number of benzene rings is 2. The lowest BCUT2D eigenvalue weighted by Gasteiger charge is -2.28. The van der Waals surface area contributed by atoms with Crippen LogP contribution in [0.3, 0.4) is 0 Å². The summed E-state index contributed by atoms with van der Waals surface area (Å²) in [4.78, 5) is 38.3. The molecule has 2 aromatic carbocycles. The highest BCUT2D eigenvalue weighted by atomic mass is 32.2. The molecular formula is C21H22FN3O3S. The number of thioether (sulfide) groups is 1. The minimum absolute atomic E-state index is 0.119. The molecule has 1 fully saturated rings. The molecule has 0 unspecified atom stereocenters. The molecule has 6 nitrogen and oxygen atoms in total. The zero-order valence-corrected chi connectivity index (χ0v) is 17.0. The Hall–Kier alpha value is -2.87. The average molecular weight is 415 g/mol. The van der Waals surface area contributed by atoms with Gasteiger partial charge in [0.05, 0.1) is 5.25 Å². The van der Waals surface area contributed by atoms with Crippen LogP contribution >= 0.6 is 11.8 Å². The van der Waals surface area contributed by atoms with Gasteiger partial charge in [-0.15, -0.1) is 11.8 Å². The van der Waals surface area contributed by atoms with E-state index in [9.17, 15) is 18.8 Å². The summed E-state index contributed by atoms with van der Waals surface area (Å²) in [6.07, 6.45) is 0.479. The van der Waals surface area contributed by atoms with Gasteiger partial charge in [-0.1, -0.05) is 12.1 Å². The van der Waals surface area contributed by atoms with Crippen molar-refractivity contribution in [3.63, 3.8) is 0 Å². The monoisotopic (exact) mass is 415 g/mol. The number of anilines is 1. The molecule has 0 saturated carbocycles. The molecule has 3 amide bonds. The van der Waals surface area contributed by atoms with Crippen molar-refractivity contribution in [2.75, 3.05) is 25.2 Å². The second-order valence-electron chi connectivity index (χ2n) is 6.98. The maximum Gasteiger partial charge on any atom is 0.253 e. The standard InChI is InChI=1S/C21H22FN3O3S/c1-25(2)21(28)14-5-9-16(10-6-14)23-19(26)17-12-29-18(20(27)24-17)11-13-3-7-15(22)8-4-13/h3-10,17-18H,11-12H2,1-2H3,(H,23,26)(H,24,27)/t17-,18-/m1/s1. The van der Waals surface area contributed by atoms with Gasteiger partial charge in [0, 0.05) is 31.1 Å². The molecule has 2 aromatic rings. The Morgan fingerprint density at radius 2 is 1.79 bits per heavy atom. The highest BCUT2D eigenvalue weighted by molar-refractivity contribution is 8.00. The fourth-order valence-corrected chi connectivity index (χ4v) is 4.09. The molecule has 0 aromatic heterocycles. The molecule has 152 valence electrons. The Morgan fingerprint density at radius 3 is 2.38 bits per heavy atom. The van der Waals surface area contributed by atoms with E-state index in [0.29, 0.717) is 23.4 Å². The third kappa shape index (κ3) is 5.35. The van der Waals surface area contributed by atoms with Gasteiger partial charge in [0.25, 0.3) is 5.91 Å². The maximum absolute atomic E-state index is 13.0. The number of halogens is 1. The molecule has 8 heteroatoms. The summed E-state index contributed by atoms with van der Waals surface area (Å²) in [5.74, 6) is -0.507. The Labute approximate surface area is 172 Å². The van der Waals surface area contributed by atoms with Gasteiger partial charge in [0.1, 0.15) is 11.9 Å². The summed E-state index contributed by atoms with van der Waals surface area (Å²) in [5, 5.41) is 5.20. The van der Waals surface area contributed by atoms with Crippen LogP contribution in [0.2, 0.25) is 0 Å². The highest BCUT2D eigenvalue weighted by Crippen LogP contribution is 2.23. The Bertz CT molecular complexity index is 900. The summed E-state index contributed by atoms with van der Waals surface area (Å²) in [7, 11) is 3.34. The lowest BCUT2D eigenvalue weighted by Crippen LogP contribution is -2.52. The second-order valence-corrected chi connectivity index (χ2v) is 8.22.